The summed E-state index contributed by atoms with van der Waals surface area (Å²) in [6.07, 6.45) is 5.39. The van der Waals surface area contributed by atoms with Gasteiger partial charge in [0, 0.05) is 46.2 Å². The molecule has 1 amide bonds. The molecule has 0 bridgehead atoms. The van der Waals surface area contributed by atoms with E-state index in [9.17, 15) is 4.79 Å². The van der Waals surface area contributed by atoms with Crippen LogP contribution in [0, 0.1) is 5.92 Å². The number of aliphatic imine (C=N–C) groups is 1. The fraction of sp³-hybridized carbons (Fsp3) is 0.867. The third-order valence-corrected chi connectivity index (χ3v) is 4.09. The fourth-order valence-electron chi connectivity index (χ4n) is 2.63. The molecule has 1 heterocycles. The van der Waals surface area contributed by atoms with E-state index in [0.717, 1.165) is 51.1 Å². The zero-order chi connectivity index (χ0) is 14.4. The molecule has 0 spiro atoms. The first kappa shape index (κ1) is 18.5. The van der Waals surface area contributed by atoms with Gasteiger partial charge in [0.1, 0.15) is 0 Å². The molecular formula is C15H29IN4O. The summed E-state index contributed by atoms with van der Waals surface area (Å²) in [4.78, 5) is 20.3. The van der Waals surface area contributed by atoms with Crippen molar-refractivity contribution in [2.24, 2.45) is 10.9 Å². The van der Waals surface area contributed by atoms with Crippen molar-refractivity contribution in [1.29, 1.82) is 0 Å². The molecule has 0 aromatic heterocycles. The van der Waals surface area contributed by atoms with Gasteiger partial charge in [-0.3, -0.25) is 9.79 Å². The number of hydrogen-bond donors (Lipinski definition) is 1. The SMILES string of the molecule is CCNC(=NCCCC1CC1)N1CCN(C(C)=O)CC1.I. The Hall–Kier alpha value is -0.530. The Morgan fingerprint density at radius 2 is 1.81 bits per heavy atom. The summed E-state index contributed by atoms with van der Waals surface area (Å²) in [7, 11) is 0. The predicted molar refractivity (Wildman–Crippen MR) is 97.2 cm³/mol. The van der Waals surface area contributed by atoms with E-state index in [-0.39, 0.29) is 29.9 Å². The zero-order valence-electron chi connectivity index (χ0n) is 13.3. The number of piperazine rings is 1. The maximum absolute atomic E-state index is 11.3. The summed E-state index contributed by atoms with van der Waals surface area (Å²) in [5.41, 5.74) is 0. The lowest BCUT2D eigenvalue weighted by Gasteiger charge is -2.36. The van der Waals surface area contributed by atoms with E-state index in [1.165, 1.54) is 25.7 Å². The van der Waals surface area contributed by atoms with Crippen molar-refractivity contribution in [3.05, 3.63) is 0 Å². The van der Waals surface area contributed by atoms with E-state index >= 15 is 0 Å². The van der Waals surface area contributed by atoms with Gasteiger partial charge in [-0.15, -0.1) is 24.0 Å². The van der Waals surface area contributed by atoms with Crippen molar-refractivity contribution in [1.82, 2.24) is 15.1 Å². The molecule has 2 fully saturated rings. The van der Waals surface area contributed by atoms with Crippen LogP contribution in [-0.4, -0.2) is 60.9 Å². The average Bonchev–Trinajstić information content (AvgIpc) is 3.26. The van der Waals surface area contributed by atoms with Crippen LogP contribution >= 0.6 is 24.0 Å². The maximum Gasteiger partial charge on any atom is 0.219 e. The van der Waals surface area contributed by atoms with Crippen molar-refractivity contribution < 1.29 is 4.79 Å². The van der Waals surface area contributed by atoms with E-state index in [4.69, 9.17) is 4.99 Å². The summed E-state index contributed by atoms with van der Waals surface area (Å²) in [6, 6.07) is 0. The van der Waals surface area contributed by atoms with Gasteiger partial charge in [-0.05, 0) is 25.7 Å². The molecule has 0 unspecified atom stereocenters. The maximum atomic E-state index is 11.3. The Bertz CT molecular complexity index is 350. The second kappa shape index (κ2) is 9.48. The van der Waals surface area contributed by atoms with Crippen LogP contribution in [0.1, 0.15) is 39.5 Å². The Balaban J connectivity index is 0.00000220. The van der Waals surface area contributed by atoms with Gasteiger partial charge in [0.25, 0.3) is 0 Å². The second-order valence-corrected chi connectivity index (χ2v) is 5.81. The van der Waals surface area contributed by atoms with Crippen LogP contribution in [0.25, 0.3) is 0 Å². The highest BCUT2D eigenvalue weighted by molar-refractivity contribution is 14.0. The van der Waals surface area contributed by atoms with Gasteiger partial charge in [0.05, 0.1) is 0 Å². The molecule has 2 rings (SSSR count). The Labute approximate surface area is 145 Å². The molecule has 2 aliphatic rings. The van der Waals surface area contributed by atoms with Crippen LogP contribution in [0.2, 0.25) is 0 Å². The van der Waals surface area contributed by atoms with Gasteiger partial charge in [0.15, 0.2) is 5.96 Å². The van der Waals surface area contributed by atoms with Crippen LogP contribution in [0.15, 0.2) is 4.99 Å². The number of carbonyl (C=O) groups is 1. The molecule has 0 atom stereocenters. The normalized spacial score (nSPS) is 19.2. The first-order chi connectivity index (χ1) is 9.70. The molecule has 6 heteroatoms. The average molecular weight is 408 g/mol. The number of nitrogens with zero attached hydrogens (tertiary/aromatic N) is 3. The third kappa shape index (κ3) is 6.40. The minimum atomic E-state index is 0. The first-order valence-electron chi connectivity index (χ1n) is 7.99. The zero-order valence-corrected chi connectivity index (χ0v) is 15.6. The largest absolute Gasteiger partial charge is 0.357 e. The Kier molecular flexibility index (Phi) is 8.36. The van der Waals surface area contributed by atoms with Crippen molar-refractivity contribution in [2.45, 2.75) is 39.5 Å². The minimum absolute atomic E-state index is 0. The van der Waals surface area contributed by atoms with Gasteiger partial charge in [-0.2, -0.15) is 0 Å². The quantitative estimate of drug-likeness (QED) is 0.327. The number of rotatable bonds is 5. The molecule has 5 nitrogen and oxygen atoms in total. The van der Waals surface area contributed by atoms with E-state index in [2.05, 4.69) is 17.1 Å². The Morgan fingerprint density at radius 1 is 1.19 bits per heavy atom. The van der Waals surface area contributed by atoms with Gasteiger partial charge in [-0.1, -0.05) is 12.8 Å². The van der Waals surface area contributed by atoms with Crippen molar-refractivity contribution >= 4 is 35.8 Å². The van der Waals surface area contributed by atoms with Crippen molar-refractivity contribution in [2.75, 3.05) is 39.3 Å². The summed E-state index contributed by atoms with van der Waals surface area (Å²) in [6.45, 7) is 8.95. The number of amides is 1. The van der Waals surface area contributed by atoms with E-state index in [1.807, 2.05) is 4.90 Å². The van der Waals surface area contributed by atoms with Gasteiger partial charge in [0.2, 0.25) is 5.91 Å². The summed E-state index contributed by atoms with van der Waals surface area (Å²) in [5, 5.41) is 3.37. The van der Waals surface area contributed by atoms with E-state index in [1.54, 1.807) is 6.92 Å². The number of guanidine groups is 1. The summed E-state index contributed by atoms with van der Waals surface area (Å²) < 4.78 is 0. The van der Waals surface area contributed by atoms with Crippen LogP contribution < -0.4 is 5.32 Å². The van der Waals surface area contributed by atoms with Crippen molar-refractivity contribution in [3.8, 4) is 0 Å². The smallest absolute Gasteiger partial charge is 0.219 e. The van der Waals surface area contributed by atoms with Gasteiger partial charge >= 0.3 is 0 Å². The molecule has 1 saturated carbocycles. The molecule has 1 N–H and O–H groups in total. The summed E-state index contributed by atoms with van der Waals surface area (Å²) >= 11 is 0. The van der Waals surface area contributed by atoms with E-state index < -0.39 is 0 Å². The molecule has 0 aromatic rings. The number of carbonyl (C=O) groups excluding carboxylic acids is 1. The molecule has 0 radical (unpaired) electrons. The molecule has 21 heavy (non-hydrogen) atoms. The summed E-state index contributed by atoms with van der Waals surface area (Å²) in [5.74, 6) is 2.19. The standard InChI is InChI=1S/C15H28N4O.HI/c1-3-16-15(17-8-4-5-14-6-7-14)19-11-9-18(10-12-19)13(2)20;/h14H,3-12H2,1-2H3,(H,16,17);1H. The number of hydrogen-bond acceptors (Lipinski definition) is 2. The molecule has 1 aliphatic heterocycles. The number of nitrogens with one attached hydrogen (secondary N) is 1. The van der Waals surface area contributed by atoms with Crippen molar-refractivity contribution in [3.63, 3.8) is 0 Å². The highest BCUT2D eigenvalue weighted by Gasteiger charge is 2.21. The highest BCUT2D eigenvalue weighted by Crippen LogP contribution is 2.33. The molecule has 1 saturated heterocycles. The fourth-order valence-corrected chi connectivity index (χ4v) is 2.63. The number of halogens is 1. The third-order valence-electron chi connectivity index (χ3n) is 4.09. The second-order valence-electron chi connectivity index (χ2n) is 5.81. The minimum Gasteiger partial charge on any atom is -0.357 e. The first-order valence-corrected chi connectivity index (χ1v) is 7.99. The molecule has 122 valence electrons. The Morgan fingerprint density at radius 3 is 2.33 bits per heavy atom. The van der Waals surface area contributed by atoms with Crippen LogP contribution in [0.4, 0.5) is 0 Å². The predicted octanol–water partition coefficient (Wildman–Crippen LogP) is 1.92. The lowest BCUT2D eigenvalue weighted by molar-refractivity contribution is -0.130. The monoisotopic (exact) mass is 408 g/mol. The molecule has 0 aromatic carbocycles. The van der Waals surface area contributed by atoms with Crippen LogP contribution in [0.5, 0.6) is 0 Å². The lowest BCUT2D eigenvalue weighted by Crippen LogP contribution is -2.53. The lowest BCUT2D eigenvalue weighted by atomic mass is 10.2. The molecular weight excluding hydrogens is 379 g/mol. The van der Waals surface area contributed by atoms with E-state index in [0.29, 0.717) is 0 Å². The van der Waals surface area contributed by atoms with Gasteiger partial charge in [-0.25, -0.2) is 0 Å². The molecule has 1 aliphatic carbocycles. The highest BCUT2D eigenvalue weighted by atomic mass is 127. The van der Waals surface area contributed by atoms with Crippen LogP contribution in [0.3, 0.4) is 0 Å². The van der Waals surface area contributed by atoms with Gasteiger partial charge < -0.3 is 15.1 Å². The topological polar surface area (TPSA) is 47.9 Å². The van der Waals surface area contributed by atoms with Crippen LogP contribution in [-0.2, 0) is 4.79 Å².